The molecule has 22 heavy (non-hydrogen) atoms. The lowest BCUT2D eigenvalue weighted by molar-refractivity contribution is -0.149. The van der Waals surface area contributed by atoms with Gasteiger partial charge in [-0.3, -0.25) is 9.59 Å². The molecule has 124 valence electrons. The molecule has 1 aliphatic carbocycles. The summed E-state index contributed by atoms with van der Waals surface area (Å²) in [5.41, 5.74) is 0. The Morgan fingerprint density at radius 1 is 1.18 bits per heavy atom. The fraction of sp³-hybridized carbons (Fsp3) is 0.800. The summed E-state index contributed by atoms with van der Waals surface area (Å²) in [6, 6.07) is -1.46. The second kappa shape index (κ2) is 7.35. The minimum absolute atomic E-state index is 0.0367. The zero-order chi connectivity index (χ0) is 16.3. The van der Waals surface area contributed by atoms with Crippen LogP contribution in [-0.4, -0.2) is 51.7 Å². The van der Waals surface area contributed by atoms with Gasteiger partial charge in [0, 0.05) is 17.7 Å². The van der Waals surface area contributed by atoms with Crippen LogP contribution < -0.4 is 5.32 Å². The van der Waals surface area contributed by atoms with Crippen LogP contribution in [0.5, 0.6) is 0 Å². The average molecular weight is 328 g/mol. The molecule has 2 amide bonds. The van der Waals surface area contributed by atoms with Crippen molar-refractivity contribution in [3.05, 3.63) is 0 Å². The fourth-order valence-corrected chi connectivity index (χ4v) is 3.80. The third kappa shape index (κ3) is 3.74. The summed E-state index contributed by atoms with van der Waals surface area (Å²) in [7, 11) is 0. The van der Waals surface area contributed by atoms with E-state index in [9.17, 15) is 14.4 Å². The van der Waals surface area contributed by atoms with E-state index in [-0.39, 0.29) is 23.0 Å². The lowest BCUT2D eigenvalue weighted by Crippen LogP contribution is -2.52. The molecule has 0 aromatic carbocycles. The number of likely N-dealkylation sites (tertiary alicyclic amines) is 1. The van der Waals surface area contributed by atoms with Crippen LogP contribution in [0.25, 0.3) is 0 Å². The summed E-state index contributed by atoms with van der Waals surface area (Å²) in [5, 5.41) is 11.9. The van der Waals surface area contributed by atoms with Gasteiger partial charge >= 0.3 is 5.97 Å². The van der Waals surface area contributed by atoms with Crippen molar-refractivity contribution in [1.29, 1.82) is 0 Å². The number of aliphatic carboxylic acids is 1. The maximum absolute atomic E-state index is 12.4. The van der Waals surface area contributed by atoms with E-state index in [1.54, 1.807) is 6.92 Å². The minimum atomic E-state index is -0.980. The van der Waals surface area contributed by atoms with Gasteiger partial charge in [0.05, 0.1) is 0 Å². The Labute approximate surface area is 136 Å². The second-order valence-corrected chi connectivity index (χ2v) is 6.88. The van der Waals surface area contributed by atoms with Crippen LogP contribution in [0.2, 0.25) is 0 Å². The Bertz CT molecular complexity index is 457. The third-order valence-electron chi connectivity index (χ3n) is 4.62. The van der Waals surface area contributed by atoms with Gasteiger partial charge in [-0.2, -0.15) is 12.6 Å². The summed E-state index contributed by atoms with van der Waals surface area (Å²) in [6.45, 7) is 2.06. The van der Waals surface area contributed by atoms with Crippen LogP contribution in [0, 0.1) is 5.92 Å². The van der Waals surface area contributed by atoms with Crippen LogP contribution >= 0.6 is 12.6 Å². The highest BCUT2D eigenvalue weighted by molar-refractivity contribution is 7.81. The molecule has 2 rings (SSSR count). The number of hydrogen-bond acceptors (Lipinski definition) is 4. The van der Waals surface area contributed by atoms with Gasteiger partial charge in [-0.15, -0.1) is 0 Å². The van der Waals surface area contributed by atoms with Crippen molar-refractivity contribution >= 4 is 30.4 Å². The molecule has 2 N–H and O–H groups in total. The highest BCUT2D eigenvalue weighted by Gasteiger charge is 2.37. The van der Waals surface area contributed by atoms with Gasteiger partial charge < -0.3 is 15.3 Å². The number of carbonyl (C=O) groups is 3. The molecule has 1 aliphatic heterocycles. The smallest absolute Gasteiger partial charge is 0.326 e. The van der Waals surface area contributed by atoms with Crippen molar-refractivity contribution in [1.82, 2.24) is 10.2 Å². The van der Waals surface area contributed by atoms with Crippen molar-refractivity contribution in [2.24, 2.45) is 5.92 Å². The molecule has 0 aromatic rings. The molecule has 1 saturated heterocycles. The van der Waals surface area contributed by atoms with Gasteiger partial charge in [0.15, 0.2) is 0 Å². The summed E-state index contributed by atoms with van der Waals surface area (Å²) in [4.78, 5) is 37.2. The number of amides is 2. The van der Waals surface area contributed by atoms with Crippen LogP contribution in [-0.2, 0) is 14.4 Å². The predicted octanol–water partition coefficient (Wildman–Crippen LogP) is 1.06. The first kappa shape index (κ1) is 17.1. The monoisotopic (exact) mass is 328 g/mol. The number of carboxylic acids is 1. The van der Waals surface area contributed by atoms with E-state index in [4.69, 9.17) is 5.11 Å². The fourth-order valence-electron chi connectivity index (χ4n) is 3.34. The Morgan fingerprint density at radius 3 is 2.50 bits per heavy atom. The Kier molecular flexibility index (Phi) is 5.72. The zero-order valence-corrected chi connectivity index (χ0v) is 13.7. The number of carboxylic acid groups (broad SMARTS) is 1. The molecule has 6 nitrogen and oxygen atoms in total. The van der Waals surface area contributed by atoms with Crippen molar-refractivity contribution in [2.45, 2.75) is 62.8 Å². The summed E-state index contributed by atoms with van der Waals surface area (Å²) >= 11 is 4.46. The normalized spacial score (nSPS) is 29.9. The highest BCUT2D eigenvalue weighted by Crippen LogP contribution is 2.28. The molecule has 0 bridgehead atoms. The summed E-state index contributed by atoms with van der Waals surface area (Å²) in [6.07, 6.45) is 4.96. The predicted molar refractivity (Wildman–Crippen MR) is 84.7 cm³/mol. The van der Waals surface area contributed by atoms with E-state index in [1.807, 2.05) is 0 Å². The maximum Gasteiger partial charge on any atom is 0.326 e. The minimum Gasteiger partial charge on any atom is -0.480 e. The third-order valence-corrected chi connectivity index (χ3v) is 5.23. The molecule has 7 heteroatoms. The first-order chi connectivity index (χ1) is 10.4. The zero-order valence-electron chi connectivity index (χ0n) is 12.8. The Morgan fingerprint density at radius 2 is 1.86 bits per heavy atom. The molecule has 0 spiro atoms. The second-order valence-electron chi connectivity index (χ2n) is 6.22. The van der Waals surface area contributed by atoms with Gasteiger partial charge in [-0.05, 0) is 32.6 Å². The highest BCUT2D eigenvalue weighted by atomic mass is 32.1. The number of hydrogen-bond donors (Lipinski definition) is 3. The van der Waals surface area contributed by atoms with E-state index >= 15 is 0 Å². The van der Waals surface area contributed by atoms with Crippen LogP contribution in [0.3, 0.4) is 0 Å². The largest absolute Gasteiger partial charge is 0.480 e. The lowest BCUT2D eigenvalue weighted by Gasteiger charge is -2.30. The van der Waals surface area contributed by atoms with Gasteiger partial charge in [-0.25, -0.2) is 4.79 Å². The molecule has 0 radical (unpaired) electrons. The first-order valence-corrected chi connectivity index (χ1v) is 8.45. The molecular weight excluding hydrogens is 304 g/mol. The average Bonchev–Trinajstić information content (AvgIpc) is 2.96. The molecule has 0 aromatic heterocycles. The Balaban J connectivity index is 1.93. The van der Waals surface area contributed by atoms with Crippen molar-refractivity contribution in [3.8, 4) is 0 Å². The van der Waals surface area contributed by atoms with Crippen molar-refractivity contribution < 1.29 is 19.5 Å². The number of rotatable bonds is 4. The van der Waals surface area contributed by atoms with E-state index in [0.717, 1.165) is 25.7 Å². The molecule has 1 heterocycles. The molecule has 2 fully saturated rings. The number of carbonyl (C=O) groups excluding carboxylic acids is 2. The van der Waals surface area contributed by atoms with Crippen LogP contribution in [0.4, 0.5) is 0 Å². The topological polar surface area (TPSA) is 86.7 Å². The Hall–Kier alpha value is -1.24. The number of nitrogens with one attached hydrogen (secondary N) is 1. The summed E-state index contributed by atoms with van der Waals surface area (Å²) in [5.74, 6) is -1.61. The lowest BCUT2D eigenvalue weighted by atomic mass is 9.88. The van der Waals surface area contributed by atoms with Gasteiger partial charge in [0.1, 0.15) is 12.1 Å². The van der Waals surface area contributed by atoms with E-state index in [1.165, 1.54) is 4.90 Å². The first-order valence-electron chi connectivity index (χ1n) is 7.93. The quantitative estimate of drug-likeness (QED) is 0.674. The standard InChI is InChI=1S/C15H24N2O4S/c1-9(14(19)17-8-4-6-11(17)15(20)21)16-13(18)10-5-2-3-7-12(10)22/h9-12,22H,2-8H2,1H3,(H,16,18)(H,20,21)/t9?,10-,11?,12+/m0/s1. The maximum atomic E-state index is 12.4. The molecule has 2 aliphatic rings. The number of thiol groups is 1. The van der Waals surface area contributed by atoms with Crippen molar-refractivity contribution in [2.75, 3.05) is 6.54 Å². The SMILES string of the molecule is CC(NC(=O)[C@H]1CCCC[C@H]1S)C(=O)N1CCCC1C(=O)O. The van der Waals surface area contributed by atoms with Gasteiger partial charge in [-0.1, -0.05) is 12.8 Å². The van der Waals surface area contributed by atoms with E-state index in [2.05, 4.69) is 17.9 Å². The van der Waals surface area contributed by atoms with Crippen LogP contribution in [0.1, 0.15) is 45.4 Å². The van der Waals surface area contributed by atoms with Gasteiger partial charge in [0.2, 0.25) is 11.8 Å². The van der Waals surface area contributed by atoms with Crippen molar-refractivity contribution in [3.63, 3.8) is 0 Å². The molecule has 4 atom stereocenters. The van der Waals surface area contributed by atoms with E-state index < -0.39 is 18.1 Å². The summed E-state index contributed by atoms with van der Waals surface area (Å²) < 4.78 is 0. The van der Waals surface area contributed by atoms with E-state index in [0.29, 0.717) is 19.4 Å². The van der Waals surface area contributed by atoms with Gasteiger partial charge in [0.25, 0.3) is 0 Å². The molecule has 2 unspecified atom stereocenters. The van der Waals surface area contributed by atoms with Crippen LogP contribution in [0.15, 0.2) is 0 Å². The number of nitrogens with zero attached hydrogens (tertiary/aromatic N) is 1. The molecule has 1 saturated carbocycles. The molecular formula is C15H24N2O4S.